The average molecular weight is 291 g/mol. The number of hydrogen-bond acceptors (Lipinski definition) is 3. The molecule has 5 heteroatoms. The zero-order chi connectivity index (χ0) is 15.2. The van der Waals surface area contributed by atoms with E-state index in [1.807, 2.05) is 0 Å². The van der Waals surface area contributed by atoms with E-state index in [0.717, 1.165) is 12.8 Å². The second-order valence-electron chi connectivity index (χ2n) is 4.98. The van der Waals surface area contributed by atoms with Gasteiger partial charge in [0.2, 0.25) is 0 Å². The summed E-state index contributed by atoms with van der Waals surface area (Å²) >= 11 is 0. The maximum atomic E-state index is 13.8. The van der Waals surface area contributed by atoms with Gasteiger partial charge in [0.25, 0.3) is 5.91 Å². The third-order valence-corrected chi connectivity index (χ3v) is 3.36. The Morgan fingerprint density at radius 1 is 1.57 bits per heavy atom. The Morgan fingerprint density at radius 2 is 2.38 bits per heavy atom. The molecular formula is C16H18FNO3. The van der Waals surface area contributed by atoms with Crippen molar-refractivity contribution >= 4 is 5.91 Å². The smallest absolute Gasteiger partial charge is 0.256 e. The van der Waals surface area contributed by atoms with Crippen LogP contribution in [0.15, 0.2) is 18.2 Å². The van der Waals surface area contributed by atoms with E-state index >= 15 is 0 Å². The highest BCUT2D eigenvalue weighted by Crippen LogP contribution is 2.16. The number of benzene rings is 1. The summed E-state index contributed by atoms with van der Waals surface area (Å²) in [5, 5.41) is 8.67. The van der Waals surface area contributed by atoms with Gasteiger partial charge in [-0.15, -0.1) is 0 Å². The summed E-state index contributed by atoms with van der Waals surface area (Å²) in [4.78, 5) is 13.8. The van der Waals surface area contributed by atoms with Gasteiger partial charge < -0.3 is 14.7 Å². The molecule has 4 nitrogen and oxygen atoms in total. The first-order valence-electron chi connectivity index (χ1n) is 6.88. The lowest BCUT2D eigenvalue weighted by atomic mass is 10.1. The molecule has 0 aliphatic carbocycles. The minimum Gasteiger partial charge on any atom is -0.384 e. The molecule has 0 spiro atoms. The molecule has 1 amide bonds. The van der Waals surface area contributed by atoms with Gasteiger partial charge >= 0.3 is 0 Å². The first kappa shape index (κ1) is 15.5. The molecule has 1 N–H and O–H groups in total. The number of aliphatic hydroxyl groups excluding tert-OH is 1. The number of halogens is 1. The Bertz CT molecular complexity index is 571. The number of carbonyl (C=O) groups excluding carboxylic acids is 1. The Hall–Kier alpha value is -1.90. The fraction of sp³-hybridized carbons (Fsp3) is 0.438. The number of nitrogens with zero attached hydrogens (tertiary/aromatic N) is 1. The maximum Gasteiger partial charge on any atom is 0.256 e. The Morgan fingerprint density at radius 3 is 3.05 bits per heavy atom. The minimum atomic E-state index is -0.575. The summed E-state index contributed by atoms with van der Waals surface area (Å²) in [6.45, 7) is 0.887. The van der Waals surface area contributed by atoms with Crippen molar-refractivity contribution in [1.82, 2.24) is 4.90 Å². The number of rotatable bonds is 3. The Balaban J connectivity index is 2.13. The molecule has 1 heterocycles. The van der Waals surface area contributed by atoms with Gasteiger partial charge in [-0.1, -0.05) is 11.8 Å². The normalized spacial score (nSPS) is 17.2. The number of hydrogen-bond donors (Lipinski definition) is 1. The van der Waals surface area contributed by atoms with Crippen molar-refractivity contribution in [2.45, 2.75) is 18.9 Å². The minimum absolute atomic E-state index is 0.0137. The molecule has 112 valence electrons. The van der Waals surface area contributed by atoms with Crippen LogP contribution in [-0.4, -0.2) is 48.8 Å². The van der Waals surface area contributed by atoms with E-state index in [4.69, 9.17) is 9.84 Å². The first-order chi connectivity index (χ1) is 10.1. The molecule has 1 fully saturated rings. The highest BCUT2D eigenvalue weighted by atomic mass is 19.1. The van der Waals surface area contributed by atoms with Crippen molar-refractivity contribution in [2.75, 3.05) is 26.8 Å². The summed E-state index contributed by atoms with van der Waals surface area (Å²) in [6.07, 6.45) is 1.94. The van der Waals surface area contributed by atoms with Gasteiger partial charge in [-0.25, -0.2) is 4.39 Å². The summed E-state index contributed by atoms with van der Waals surface area (Å²) in [5.74, 6) is 4.17. The molecule has 0 saturated carbocycles. The third kappa shape index (κ3) is 4.03. The van der Waals surface area contributed by atoms with E-state index in [2.05, 4.69) is 11.8 Å². The van der Waals surface area contributed by atoms with Gasteiger partial charge in [0.15, 0.2) is 0 Å². The largest absolute Gasteiger partial charge is 0.384 e. The summed E-state index contributed by atoms with van der Waals surface area (Å²) in [7, 11) is 1.63. The Labute approximate surface area is 123 Å². The van der Waals surface area contributed by atoms with Gasteiger partial charge in [-0.3, -0.25) is 4.79 Å². The van der Waals surface area contributed by atoms with Crippen molar-refractivity contribution < 1.29 is 19.0 Å². The van der Waals surface area contributed by atoms with E-state index < -0.39 is 11.7 Å². The lowest BCUT2D eigenvalue weighted by molar-refractivity contribution is 0.0583. The monoisotopic (exact) mass is 291 g/mol. The van der Waals surface area contributed by atoms with Crippen molar-refractivity contribution in [3.8, 4) is 11.8 Å². The lowest BCUT2D eigenvalue weighted by Gasteiger charge is -2.21. The van der Waals surface area contributed by atoms with E-state index in [-0.39, 0.29) is 18.3 Å². The van der Waals surface area contributed by atoms with Crippen LogP contribution in [0.1, 0.15) is 28.8 Å². The van der Waals surface area contributed by atoms with Crippen LogP contribution in [0.4, 0.5) is 4.39 Å². The average Bonchev–Trinajstić information content (AvgIpc) is 2.98. The SMILES string of the molecule is CN(CC1CCCO1)C(=O)c1cc(C#CCO)ccc1F. The van der Waals surface area contributed by atoms with E-state index in [1.165, 1.54) is 23.1 Å². The molecule has 0 radical (unpaired) electrons. The van der Waals surface area contributed by atoms with Crippen molar-refractivity contribution in [3.05, 3.63) is 35.1 Å². The zero-order valence-corrected chi connectivity index (χ0v) is 11.9. The molecule has 1 atom stereocenters. The van der Waals surface area contributed by atoms with Crippen LogP contribution in [0.25, 0.3) is 0 Å². The number of amides is 1. The number of likely N-dealkylation sites (N-methyl/N-ethyl adjacent to an activating group) is 1. The van der Waals surface area contributed by atoms with Crippen molar-refractivity contribution in [2.24, 2.45) is 0 Å². The molecule has 0 aromatic heterocycles. The second-order valence-corrected chi connectivity index (χ2v) is 4.98. The Kier molecular flexibility index (Phi) is 5.32. The van der Waals surface area contributed by atoms with E-state index in [1.54, 1.807) is 7.05 Å². The van der Waals surface area contributed by atoms with Crippen LogP contribution in [0.2, 0.25) is 0 Å². The van der Waals surface area contributed by atoms with Crippen LogP contribution in [0.3, 0.4) is 0 Å². The third-order valence-electron chi connectivity index (χ3n) is 3.36. The van der Waals surface area contributed by atoms with Gasteiger partial charge in [0.05, 0.1) is 11.7 Å². The lowest BCUT2D eigenvalue weighted by Crippen LogP contribution is -2.34. The zero-order valence-electron chi connectivity index (χ0n) is 11.9. The van der Waals surface area contributed by atoms with Crippen molar-refractivity contribution in [3.63, 3.8) is 0 Å². The summed E-state index contributed by atoms with van der Waals surface area (Å²) in [5.41, 5.74) is 0.486. The molecule has 1 aromatic rings. The highest BCUT2D eigenvalue weighted by Gasteiger charge is 2.22. The predicted molar refractivity (Wildman–Crippen MR) is 76.3 cm³/mol. The molecule has 1 aliphatic rings. The van der Waals surface area contributed by atoms with Gasteiger partial charge in [0.1, 0.15) is 12.4 Å². The van der Waals surface area contributed by atoms with Gasteiger partial charge in [0, 0.05) is 25.8 Å². The fourth-order valence-electron chi connectivity index (χ4n) is 2.29. The molecule has 0 bridgehead atoms. The first-order valence-corrected chi connectivity index (χ1v) is 6.88. The van der Waals surface area contributed by atoms with Crippen molar-refractivity contribution in [1.29, 1.82) is 0 Å². The molecule has 1 unspecified atom stereocenters. The highest BCUT2D eigenvalue weighted by molar-refractivity contribution is 5.94. The van der Waals surface area contributed by atoms with Crippen LogP contribution >= 0.6 is 0 Å². The number of aliphatic hydroxyl groups is 1. The van der Waals surface area contributed by atoms with Crippen LogP contribution in [0, 0.1) is 17.7 Å². The van der Waals surface area contributed by atoms with E-state index in [9.17, 15) is 9.18 Å². The summed E-state index contributed by atoms with van der Waals surface area (Å²) in [6, 6.07) is 4.11. The summed E-state index contributed by atoms with van der Waals surface area (Å²) < 4.78 is 19.3. The van der Waals surface area contributed by atoms with Crippen LogP contribution in [0.5, 0.6) is 0 Å². The van der Waals surface area contributed by atoms with E-state index in [0.29, 0.717) is 18.7 Å². The van der Waals surface area contributed by atoms with Crippen LogP contribution < -0.4 is 0 Å². The molecule has 2 rings (SSSR count). The predicted octanol–water partition coefficient (Wildman–Crippen LogP) is 1.42. The molecule has 1 aliphatic heterocycles. The molecule has 21 heavy (non-hydrogen) atoms. The second kappa shape index (κ2) is 7.21. The maximum absolute atomic E-state index is 13.8. The topological polar surface area (TPSA) is 49.8 Å². The molecule has 1 aromatic carbocycles. The standard InChI is InChI=1S/C16H18FNO3/c1-18(11-13-5-3-9-21-13)16(20)14-10-12(4-2-8-19)6-7-15(14)17/h6-7,10,13,19H,3,5,8-9,11H2,1H3. The van der Waals surface area contributed by atoms with Crippen LogP contribution in [-0.2, 0) is 4.74 Å². The molecular weight excluding hydrogens is 273 g/mol. The quantitative estimate of drug-likeness (QED) is 0.857. The van der Waals surface area contributed by atoms with Gasteiger partial charge in [-0.05, 0) is 31.0 Å². The van der Waals surface area contributed by atoms with Gasteiger partial charge in [-0.2, -0.15) is 0 Å². The number of carbonyl (C=O) groups is 1. The fourth-order valence-corrected chi connectivity index (χ4v) is 2.29. The number of ether oxygens (including phenoxy) is 1. The molecule has 1 saturated heterocycles.